The minimum atomic E-state index is -0.491. The molecule has 1 fully saturated rings. The molecule has 0 radical (unpaired) electrons. The molecule has 1 aliphatic rings. The van der Waals surface area contributed by atoms with E-state index in [1.54, 1.807) is 0 Å². The number of carbonyl (C=O) groups excluding carboxylic acids is 1. The summed E-state index contributed by atoms with van der Waals surface area (Å²) in [6.07, 6.45) is 7.79. The zero-order valence-corrected chi connectivity index (χ0v) is 14.6. The predicted octanol–water partition coefficient (Wildman–Crippen LogP) is 2.96. The fraction of sp³-hybridized carbons (Fsp3) is 0.941. The number of likely N-dealkylation sites (N-methyl/N-ethyl adjacent to an activating group) is 1. The third-order valence-corrected chi connectivity index (χ3v) is 4.93. The van der Waals surface area contributed by atoms with E-state index in [1.807, 2.05) is 7.05 Å². The molecule has 0 heterocycles. The van der Waals surface area contributed by atoms with Crippen molar-refractivity contribution in [3.63, 3.8) is 0 Å². The Balaban J connectivity index is 2.77. The third kappa shape index (κ3) is 4.68. The van der Waals surface area contributed by atoms with Crippen molar-refractivity contribution in [1.82, 2.24) is 10.2 Å². The van der Waals surface area contributed by atoms with Gasteiger partial charge in [0.1, 0.15) is 5.54 Å². The maximum Gasteiger partial charge on any atom is 0.326 e. The number of methoxy groups -OCH3 is 1. The molecule has 1 N–H and O–H groups in total. The number of nitrogens with zero attached hydrogens (tertiary/aromatic N) is 1. The van der Waals surface area contributed by atoms with Gasteiger partial charge in [0.25, 0.3) is 0 Å². The molecule has 1 saturated carbocycles. The minimum Gasteiger partial charge on any atom is -0.468 e. The first kappa shape index (κ1) is 18.4. The van der Waals surface area contributed by atoms with Gasteiger partial charge in [-0.25, -0.2) is 0 Å². The van der Waals surface area contributed by atoms with Gasteiger partial charge in [0.2, 0.25) is 0 Å². The fourth-order valence-corrected chi connectivity index (χ4v) is 3.65. The summed E-state index contributed by atoms with van der Waals surface area (Å²) in [5.41, 5.74) is -0.491. The number of ether oxygens (including phenoxy) is 1. The number of nitrogens with one attached hydrogen (secondary N) is 1. The van der Waals surface area contributed by atoms with Gasteiger partial charge in [0.15, 0.2) is 0 Å². The molecule has 0 saturated heterocycles. The highest BCUT2D eigenvalue weighted by Gasteiger charge is 2.44. The van der Waals surface area contributed by atoms with Gasteiger partial charge in [-0.1, -0.05) is 19.8 Å². The lowest BCUT2D eigenvalue weighted by Gasteiger charge is -2.44. The molecule has 0 aromatic rings. The summed E-state index contributed by atoms with van der Waals surface area (Å²) in [5, 5.41) is 3.26. The number of hydrogen-bond acceptors (Lipinski definition) is 4. The minimum absolute atomic E-state index is 0.105. The van der Waals surface area contributed by atoms with Gasteiger partial charge in [-0.05, 0) is 59.5 Å². The lowest BCUT2D eigenvalue weighted by Crippen LogP contribution is -2.58. The smallest absolute Gasteiger partial charge is 0.326 e. The van der Waals surface area contributed by atoms with Gasteiger partial charge in [0, 0.05) is 12.1 Å². The van der Waals surface area contributed by atoms with Crippen LogP contribution in [0.5, 0.6) is 0 Å². The van der Waals surface area contributed by atoms with Crippen LogP contribution in [0.4, 0.5) is 0 Å². The second-order valence-corrected chi connectivity index (χ2v) is 6.61. The van der Waals surface area contributed by atoms with Crippen LogP contribution in [-0.2, 0) is 9.53 Å². The first-order valence-corrected chi connectivity index (χ1v) is 8.53. The highest BCUT2D eigenvalue weighted by Crippen LogP contribution is 2.33. The summed E-state index contributed by atoms with van der Waals surface area (Å²) in [5.74, 6) is -0.105. The lowest BCUT2D eigenvalue weighted by atomic mass is 9.78. The number of carbonyl (C=O) groups is 1. The third-order valence-electron chi connectivity index (χ3n) is 4.93. The number of unbranched alkanes of at least 4 members (excludes halogenated alkanes) is 2. The summed E-state index contributed by atoms with van der Waals surface area (Å²) < 4.78 is 5.05. The molecule has 0 spiro atoms. The van der Waals surface area contributed by atoms with E-state index in [0.717, 1.165) is 25.8 Å². The van der Waals surface area contributed by atoms with Crippen molar-refractivity contribution in [2.45, 2.75) is 83.3 Å². The molecule has 2 unspecified atom stereocenters. The van der Waals surface area contributed by atoms with Crippen LogP contribution in [-0.4, -0.2) is 49.2 Å². The molecule has 0 aromatic heterocycles. The predicted molar refractivity (Wildman–Crippen MR) is 87.4 cm³/mol. The number of esters is 1. The molecule has 4 nitrogen and oxygen atoms in total. The molecular weight excluding hydrogens is 264 g/mol. The van der Waals surface area contributed by atoms with Crippen molar-refractivity contribution >= 4 is 5.97 Å². The molecule has 21 heavy (non-hydrogen) atoms. The molecule has 4 heteroatoms. The Kier molecular flexibility index (Phi) is 7.67. The standard InChI is InChI=1S/C17H34N2O2/c1-6-7-8-12-19(14(2)3)15-10-9-11-17(13-15,18-4)16(20)21-5/h14-15,18H,6-13H2,1-5H3. The van der Waals surface area contributed by atoms with Crippen LogP contribution in [0.3, 0.4) is 0 Å². The Labute approximate surface area is 130 Å². The van der Waals surface area contributed by atoms with Gasteiger partial charge >= 0.3 is 5.97 Å². The van der Waals surface area contributed by atoms with Crippen molar-refractivity contribution in [3.05, 3.63) is 0 Å². The molecule has 124 valence electrons. The number of rotatable bonds is 8. The number of hydrogen-bond donors (Lipinski definition) is 1. The quantitative estimate of drug-likeness (QED) is 0.552. The molecule has 1 rings (SSSR count). The van der Waals surface area contributed by atoms with E-state index >= 15 is 0 Å². The molecule has 1 aliphatic carbocycles. The zero-order valence-electron chi connectivity index (χ0n) is 14.6. The van der Waals surface area contributed by atoms with Crippen LogP contribution in [0, 0.1) is 0 Å². The summed E-state index contributed by atoms with van der Waals surface area (Å²) in [6.45, 7) is 7.90. The van der Waals surface area contributed by atoms with Gasteiger partial charge in [-0.3, -0.25) is 9.69 Å². The summed E-state index contributed by atoms with van der Waals surface area (Å²) in [7, 11) is 3.38. The SMILES string of the molecule is CCCCCN(C(C)C)C1CCCC(NC)(C(=O)OC)C1. The van der Waals surface area contributed by atoms with E-state index in [1.165, 1.54) is 32.8 Å². The largest absolute Gasteiger partial charge is 0.468 e. The Morgan fingerprint density at radius 3 is 2.67 bits per heavy atom. The Hall–Kier alpha value is -0.610. The van der Waals surface area contributed by atoms with Gasteiger partial charge in [-0.2, -0.15) is 0 Å². The Morgan fingerprint density at radius 1 is 1.43 bits per heavy atom. The van der Waals surface area contributed by atoms with E-state index in [0.29, 0.717) is 12.1 Å². The fourth-order valence-electron chi connectivity index (χ4n) is 3.65. The maximum absolute atomic E-state index is 12.2. The van der Waals surface area contributed by atoms with Crippen LogP contribution < -0.4 is 5.32 Å². The molecule has 0 aliphatic heterocycles. The Bertz CT molecular complexity index is 320. The topological polar surface area (TPSA) is 41.6 Å². The lowest BCUT2D eigenvalue weighted by molar-refractivity contribution is -0.151. The van der Waals surface area contributed by atoms with Crippen molar-refractivity contribution in [2.75, 3.05) is 20.7 Å². The highest BCUT2D eigenvalue weighted by molar-refractivity contribution is 5.81. The highest BCUT2D eigenvalue weighted by atomic mass is 16.5. The van der Waals surface area contributed by atoms with Crippen molar-refractivity contribution in [1.29, 1.82) is 0 Å². The van der Waals surface area contributed by atoms with Gasteiger partial charge < -0.3 is 10.1 Å². The van der Waals surface area contributed by atoms with E-state index in [9.17, 15) is 4.79 Å². The average molecular weight is 298 g/mol. The van der Waals surface area contributed by atoms with Gasteiger partial charge in [0.05, 0.1) is 7.11 Å². The maximum atomic E-state index is 12.2. The first-order valence-electron chi connectivity index (χ1n) is 8.53. The first-order chi connectivity index (χ1) is 10.0. The molecular formula is C17H34N2O2. The average Bonchev–Trinajstić information content (AvgIpc) is 2.50. The summed E-state index contributed by atoms with van der Waals surface area (Å²) >= 11 is 0. The molecule has 0 amide bonds. The normalized spacial score (nSPS) is 26.3. The van der Waals surface area contributed by atoms with Crippen molar-refractivity contribution in [3.8, 4) is 0 Å². The zero-order chi connectivity index (χ0) is 15.9. The van der Waals surface area contributed by atoms with Crippen LogP contribution in [0.2, 0.25) is 0 Å². The monoisotopic (exact) mass is 298 g/mol. The molecule has 0 bridgehead atoms. The molecule has 0 aromatic carbocycles. The van der Waals surface area contributed by atoms with Crippen LogP contribution >= 0.6 is 0 Å². The van der Waals surface area contributed by atoms with Crippen LogP contribution in [0.15, 0.2) is 0 Å². The van der Waals surface area contributed by atoms with Crippen LogP contribution in [0.1, 0.15) is 65.7 Å². The summed E-state index contributed by atoms with van der Waals surface area (Å²) in [4.78, 5) is 14.8. The van der Waals surface area contributed by atoms with Crippen molar-refractivity contribution in [2.24, 2.45) is 0 Å². The second-order valence-electron chi connectivity index (χ2n) is 6.61. The van der Waals surface area contributed by atoms with Gasteiger partial charge in [-0.15, -0.1) is 0 Å². The molecule has 2 atom stereocenters. The van der Waals surface area contributed by atoms with E-state index < -0.39 is 5.54 Å². The van der Waals surface area contributed by atoms with Crippen LogP contribution in [0.25, 0.3) is 0 Å². The van der Waals surface area contributed by atoms with Crippen molar-refractivity contribution < 1.29 is 9.53 Å². The van der Waals surface area contributed by atoms with E-state index in [-0.39, 0.29) is 5.97 Å². The Morgan fingerprint density at radius 2 is 2.14 bits per heavy atom. The van der Waals surface area contributed by atoms with E-state index in [2.05, 4.69) is 31.0 Å². The van der Waals surface area contributed by atoms with E-state index in [4.69, 9.17) is 4.74 Å². The summed E-state index contributed by atoms with van der Waals surface area (Å²) in [6, 6.07) is 0.999. The second kappa shape index (κ2) is 8.74.